The fourth-order valence-electron chi connectivity index (χ4n) is 3.25. The number of hydrogen-bond donors (Lipinski definition) is 3. The molecule has 0 bridgehead atoms. The van der Waals surface area contributed by atoms with E-state index in [0.717, 1.165) is 26.8 Å². The lowest BCUT2D eigenvalue weighted by Crippen LogP contribution is -2.36. The van der Waals surface area contributed by atoms with E-state index in [0.29, 0.717) is 5.76 Å². The van der Waals surface area contributed by atoms with Crippen LogP contribution >= 0.6 is 11.3 Å². The Morgan fingerprint density at radius 1 is 1.12 bits per heavy atom. The van der Waals surface area contributed by atoms with E-state index in [2.05, 4.69) is 10.6 Å². The Labute approximate surface area is 193 Å². The van der Waals surface area contributed by atoms with Gasteiger partial charge in [-0.05, 0) is 24.1 Å². The van der Waals surface area contributed by atoms with E-state index in [9.17, 15) is 23.1 Å². The summed E-state index contributed by atoms with van der Waals surface area (Å²) in [5.41, 5.74) is 0.280. The zero-order valence-electron chi connectivity index (χ0n) is 17.8. The Kier molecular flexibility index (Phi) is 6.11. The van der Waals surface area contributed by atoms with Crippen LogP contribution < -0.4 is 21.5 Å². The van der Waals surface area contributed by atoms with Gasteiger partial charge in [-0.25, -0.2) is 8.42 Å². The Morgan fingerprint density at radius 3 is 2.48 bits per heavy atom. The molecule has 2 aromatic carbocycles. The van der Waals surface area contributed by atoms with E-state index in [1.165, 1.54) is 12.4 Å². The minimum atomic E-state index is -3.99. The average molecular weight is 488 g/mol. The second kappa shape index (κ2) is 8.85. The van der Waals surface area contributed by atoms with Crippen molar-refractivity contribution in [3.05, 3.63) is 85.4 Å². The minimum absolute atomic E-state index is 0.0238. The van der Waals surface area contributed by atoms with Crippen molar-refractivity contribution < 1.29 is 17.9 Å². The number of nitrogens with one attached hydrogen (secondary N) is 2. The third-order valence-electron chi connectivity index (χ3n) is 5.02. The summed E-state index contributed by atoms with van der Waals surface area (Å²) in [7, 11) is -2.57. The molecule has 0 fully saturated rings. The van der Waals surface area contributed by atoms with Gasteiger partial charge in [-0.2, -0.15) is 4.31 Å². The monoisotopic (exact) mass is 487 g/mol. The van der Waals surface area contributed by atoms with Crippen LogP contribution in [0.3, 0.4) is 0 Å². The van der Waals surface area contributed by atoms with Gasteiger partial charge in [0.15, 0.2) is 9.96 Å². The fraction of sp³-hybridized carbons (Fsp3) is 0.182. The molecule has 0 aliphatic heterocycles. The summed E-state index contributed by atoms with van der Waals surface area (Å²) in [6.45, 7) is 2.17. The van der Waals surface area contributed by atoms with Crippen molar-refractivity contribution in [1.29, 1.82) is 0 Å². The maximum absolute atomic E-state index is 13.0. The average Bonchev–Trinajstić information content (AvgIpc) is 3.38. The van der Waals surface area contributed by atoms with Gasteiger partial charge in [-0.15, -0.1) is 11.3 Å². The molecule has 0 saturated carbocycles. The lowest BCUT2D eigenvalue weighted by Gasteiger charge is -2.17. The number of benzene rings is 1. The number of thiophene rings is 1. The maximum atomic E-state index is 13.0. The second-order valence-corrected chi connectivity index (χ2v) is 10.6. The van der Waals surface area contributed by atoms with Crippen LogP contribution in [0.5, 0.6) is 5.75 Å². The van der Waals surface area contributed by atoms with Crippen molar-refractivity contribution >= 4 is 38.4 Å². The molecule has 2 aromatic heterocycles. The van der Waals surface area contributed by atoms with Crippen LogP contribution in [0.2, 0.25) is 0 Å². The van der Waals surface area contributed by atoms with Crippen LogP contribution in [0.1, 0.15) is 16.9 Å². The molecule has 4 aromatic rings. The van der Waals surface area contributed by atoms with Crippen LogP contribution in [-0.2, 0) is 23.1 Å². The van der Waals surface area contributed by atoms with E-state index < -0.39 is 26.6 Å². The van der Waals surface area contributed by atoms with Crippen LogP contribution in [0.25, 0.3) is 0 Å². The molecule has 0 amide bonds. The quantitative estimate of drug-likeness (QED) is 0.307. The number of furan rings is 1. The van der Waals surface area contributed by atoms with Gasteiger partial charge in [0.1, 0.15) is 17.1 Å². The van der Waals surface area contributed by atoms with Crippen molar-refractivity contribution in [2.24, 2.45) is 0 Å². The molecule has 11 heteroatoms. The number of nitrogens with zero attached hydrogens (tertiary/aromatic N) is 1. The molecule has 9 nitrogen and oxygen atoms in total. The number of rotatable bonds is 9. The highest BCUT2D eigenvalue weighted by Crippen LogP contribution is 2.41. The summed E-state index contributed by atoms with van der Waals surface area (Å²) in [6, 6.07) is 10.9. The van der Waals surface area contributed by atoms with Gasteiger partial charge in [-0.3, -0.25) is 9.59 Å². The van der Waals surface area contributed by atoms with E-state index in [1.807, 2.05) is 25.1 Å². The van der Waals surface area contributed by atoms with Crippen molar-refractivity contribution in [2.75, 3.05) is 17.7 Å². The minimum Gasteiger partial charge on any atom is -0.504 e. The first-order valence-corrected chi connectivity index (χ1v) is 12.2. The second-order valence-electron chi connectivity index (χ2n) is 7.51. The summed E-state index contributed by atoms with van der Waals surface area (Å²) in [5.74, 6) is 0.0697. The Morgan fingerprint density at radius 2 is 1.82 bits per heavy atom. The summed E-state index contributed by atoms with van der Waals surface area (Å²) < 4.78 is 32.1. The SMILES string of the molecule is Cc1coc(CNc2c(Nc3csc(S(=O)(=O)N(C)Cc4ccccc4)c3O)c(=O)c2=O)c1. The van der Waals surface area contributed by atoms with E-state index in [4.69, 9.17) is 4.42 Å². The highest BCUT2D eigenvalue weighted by molar-refractivity contribution is 7.91. The maximum Gasteiger partial charge on any atom is 0.256 e. The number of aromatic hydroxyl groups is 1. The van der Waals surface area contributed by atoms with Crippen LogP contribution in [0.15, 0.2) is 66.3 Å². The largest absolute Gasteiger partial charge is 0.504 e. The number of anilines is 3. The first-order valence-electron chi connectivity index (χ1n) is 9.87. The molecule has 33 heavy (non-hydrogen) atoms. The number of aryl methyl sites for hydroxylation is 1. The Hall–Kier alpha value is -3.41. The van der Waals surface area contributed by atoms with Gasteiger partial charge in [0.2, 0.25) is 0 Å². The molecule has 0 unspecified atom stereocenters. The van der Waals surface area contributed by atoms with Crippen LogP contribution in [0.4, 0.5) is 17.1 Å². The molecule has 0 spiro atoms. The summed E-state index contributed by atoms with van der Waals surface area (Å²) in [5, 5.41) is 17.5. The molecule has 0 radical (unpaired) electrons. The van der Waals surface area contributed by atoms with Crippen LogP contribution in [0, 0.1) is 6.92 Å². The predicted molar refractivity (Wildman–Crippen MR) is 126 cm³/mol. The van der Waals surface area contributed by atoms with Gasteiger partial charge in [-0.1, -0.05) is 30.3 Å². The smallest absolute Gasteiger partial charge is 0.256 e. The Bertz CT molecular complexity index is 1460. The molecule has 3 N–H and O–H groups in total. The number of sulfonamides is 1. The van der Waals surface area contributed by atoms with E-state index >= 15 is 0 Å². The third kappa shape index (κ3) is 4.42. The molecule has 172 valence electrons. The van der Waals surface area contributed by atoms with E-state index in [-0.39, 0.29) is 34.4 Å². The molecule has 0 atom stereocenters. The zero-order chi connectivity index (χ0) is 23.8. The van der Waals surface area contributed by atoms with Crippen molar-refractivity contribution in [1.82, 2.24) is 4.31 Å². The highest BCUT2D eigenvalue weighted by atomic mass is 32.2. The Balaban J connectivity index is 1.52. The first kappa shape index (κ1) is 22.8. The standard InChI is InChI=1S/C22H21N3O6S2/c1-13-8-15(31-11-13)9-23-17-18(21(28)20(17)27)24-16-12-32-22(19(16)26)33(29,30)25(2)10-14-6-4-3-5-7-14/h3-8,11-12,23-24,26H,9-10H2,1-2H3. The van der Waals surface area contributed by atoms with Gasteiger partial charge in [0.05, 0.1) is 18.5 Å². The molecule has 0 aliphatic carbocycles. The van der Waals surface area contributed by atoms with Gasteiger partial charge in [0, 0.05) is 19.0 Å². The molecule has 0 aliphatic rings. The summed E-state index contributed by atoms with van der Waals surface area (Å²) >= 11 is 0.818. The number of hydrogen-bond acceptors (Lipinski definition) is 9. The van der Waals surface area contributed by atoms with Gasteiger partial charge < -0.3 is 20.2 Å². The first-order chi connectivity index (χ1) is 15.7. The van der Waals surface area contributed by atoms with Crippen molar-refractivity contribution in [2.45, 2.75) is 24.2 Å². The van der Waals surface area contributed by atoms with Crippen LogP contribution in [-0.4, -0.2) is 24.9 Å². The molecule has 4 rings (SSSR count). The topological polar surface area (TPSA) is 129 Å². The predicted octanol–water partition coefficient (Wildman–Crippen LogP) is 3.13. The normalized spacial score (nSPS) is 11.8. The summed E-state index contributed by atoms with van der Waals surface area (Å²) in [4.78, 5) is 24.1. The van der Waals surface area contributed by atoms with Gasteiger partial charge in [0.25, 0.3) is 20.9 Å². The fourth-order valence-corrected chi connectivity index (χ4v) is 5.83. The molecular formula is C22H21N3O6S2. The summed E-state index contributed by atoms with van der Waals surface area (Å²) in [6.07, 6.45) is 1.57. The van der Waals surface area contributed by atoms with Gasteiger partial charge >= 0.3 is 0 Å². The molecule has 2 heterocycles. The zero-order valence-corrected chi connectivity index (χ0v) is 19.4. The lowest BCUT2D eigenvalue weighted by atomic mass is 10.2. The molecular weight excluding hydrogens is 466 g/mol. The highest BCUT2D eigenvalue weighted by Gasteiger charge is 2.30. The molecule has 0 saturated heterocycles. The van der Waals surface area contributed by atoms with E-state index in [1.54, 1.807) is 24.5 Å². The lowest BCUT2D eigenvalue weighted by molar-refractivity contribution is 0.446. The van der Waals surface area contributed by atoms with Crippen molar-refractivity contribution in [3.8, 4) is 5.75 Å². The third-order valence-corrected chi connectivity index (χ3v) is 8.31. The van der Waals surface area contributed by atoms with Crippen molar-refractivity contribution in [3.63, 3.8) is 0 Å².